The molecule has 0 spiro atoms. The zero-order valence-electron chi connectivity index (χ0n) is 22.9. The normalized spacial score (nSPS) is 17.4. The number of benzene rings is 5. The number of alkyl halides is 2. The molecule has 0 bridgehead atoms. The number of aromatic hydroxyl groups is 2. The van der Waals surface area contributed by atoms with E-state index in [1.54, 1.807) is 40.1 Å². The summed E-state index contributed by atoms with van der Waals surface area (Å²) < 4.78 is 0. The van der Waals surface area contributed by atoms with Crippen molar-refractivity contribution in [3.05, 3.63) is 101 Å². The first-order valence-corrected chi connectivity index (χ1v) is 15.0. The highest BCUT2D eigenvalue weighted by molar-refractivity contribution is 6.20. The van der Waals surface area contributed by atoms with Crippen LogP contribution in [0.5, 0.6) is 11.5 Å². The van der Waals surface area contributed by atoms with Gasteiger partial charge >= 0.3 is 0 Å². The Kier molecular flexibility index (Phi) is 6.60. The van der Waals surface area contributed by atoms with Crippen LogP contribution in [0.4, 0.5) is 17.1 Å². The lowest BCUT2D eigenvalue weighted by Crippen LogP contribution is -2.32. The molecule has 2 heterocycles. The molecule has 5 aromatic rings. The standard InChI is InChI=1S/C34H27Cl2N3O4/c35-14-20-16-38(27-12-29(40)23-5-1-3-7-25(23)31(20)27)33(42)18-9-19(11-22(37)10-18)34(43)39-17-21(15-36)32-26-8-4-2-6-24(26)30(41)13-28(32)39/h1-13,20-21,40-41H,14-17,37H2/t20-,21-/m1/s1. The Morgan fingerprint density at radius 1 is 0.674 bits per heavy atom. The predicted molar refractivity (Wildman–Crippen MR) is 172 cm³/mol. The van der Waals surface area contributed by atoms with Gasteiger partial charge in [0.1, 0.15) is 11.5 Å². The Labute approximate surface area is 257 Å². The summed E-state index contributed by atoms with van der Waals surface area (Å²) in [5, 5.41) is 24.7. The molecule has 0 saturated carbocycles. The van der Waals surface area contributed by atoms with Gasteiger partial charge in [0.15, 0.2) is 0 Å². The summed E-state index contributed by atoms with van der Waals surface area (Å²) in [6, 6.07) is 22.8. The average molecular weight is 613 g/mol. The Bertz CT molecular complexity index is 1840. The topological polar surface area (TPSA) is 107 Å². The van der Waals surface area contributed by atoms with Gasteiger partial charge in [0, 0.05) is 76.4 Å². The van der Waals surface area contributed by atoms with Crippen LogP contribution in [0.15, 0.2) is 78.9 Å². The summed E-state index contributed by atoms with van der Waals surface area (Å²) in [4.78, 5) is 31.2. The highest BCUT2D eigenvalue weighted by Gasteiger charge is 2.37. The third kappa shape index (κ3) is 4.26. The quantitative estimate of drug-likeness (QED) is 0.150. The van der Waals surface area contributed by atoms with Crippen LogP contribution in [-0.2, 0) is 0 Å². The Morgan fingerprint density at radius 3 is 1.47 bits per heavy atom. The number of nitrogens with zero attached hydrogens (tertiary/aromatic N) is 2. The van der Waals surface area contributed by atoms with Crippen molar-refractivity contribution in [2.45, 2.75) is 11.8 Å². The van der Waals surface area contributed by atoms with Crippen LogP contribution >= 0.6 is 23.2 Å². The molecule has 4 N–H and O–H groups in total. The van der Waals surface area contributed by atoms with Gasteiger partial charge in [-0.25, -0.2) is 0 Å². The lowest BCUT2D eigenvalue weighted by atomic mass is 9.95. The third-order valence-electron chi connectivity index (χ3n) is 8.60. The number of hydrogen-bond donors (Lipinski definition) is 3. The Hall–Kier alpha value is -4.46. The van der Waals surface area contributed by atoms with Gasteiger partial charge in [0.2, 0.25) is 0 Å². The minimum atomic E-state index is -0.353. The van der Waals surface area contributed by atoms with Crippen molar-refractivity contribution >= 4 is 73.6 Å². The number of rotatable bonds is 4. The maximum Gasteiger partial charge on any atom is 0.258 e. The van der Waals surface area contributed by atoms with Crippen LogP contribution in [0.3, 0.4) is 0 Å². The second-order valence-corrected chi connectivity index (χ2v) is 11.7. The second kappa shape index (κ2) is 10.4. The Morgan fingerprint density at radius 2 is 1.07 bits per heavy atom. The highest BCUT2D eigenvalue weighted by Crippen LogP contribution is 2.47. The molecule has 2 aliphatic rings. The van der Waals surface area contributed by atoms with Crippen LogP contribution < -0.4 is 15.5 Å². The van der Waals surface area contributed by atoms with Crippen LogP contribution in [0.1, 0.15) is 43.7 Å². The number of nitrogen functional groups attached to an aromatic ring is 1. The molecule has 7 rings (SSSR count). The van der Waals surface area contributed by atoms with Crippen LogP contribution in [0.2, 0.25) is 0 Å². The van der Waals surface area contributed by atoms with Gasteiger partial charge in [-0.2, -0.15) is 0 Å². The molecular weight excluding hydrogens is 585 g/mol. The summed E-state index contributed by atoms with van der Waals surface area (Å²) in [6.07, 6.45) is 0. The molecule has 0 saturated heterocycles. The van der Waals surface area contributed by atoms with Crippen molar-refractivity contribution in [2.24, 2.45) is 0 Å². The number of carbonyl (C=O) groups excluding carboxylic acids is 2. The SMILES string of the molecule is Nc1cc(C(=O)N2C[C@@H](CCl)c3c2cc(O)c2ccccc32)cc(C(=O)N2C[C@@H](CCl)c3c2cc(O)c2ccccc32)c1. The molecule has 0 fully saturated rings. The maximum atomic E-state index is 14.0. The first kappa shape index (κ1) is 27.4. The van der Waals surface area contributed by atoms with Gasteiger partial charge in [-0.1, -0.05) is 48.5 Å². The number of hydrogen-bond acceptors (Lipinski definition) is 5. The molecule has 0 radical (unpaired) electrons. The number of phenols is 2. The summed E-state index contributed by atoms with van der Waals surface area (Å²) in [5.41, 5.74) is 10.00. The predicted octanol–water partition coefficient (Wildman–Crippen LogP) is 6.95. The van der Waals surface area contributed by atoms with Crippen molar-refractivity contribution in [1.82, 2.24) is 0 Å². The molecule has 5 aromatic carbocycles. The molecule has 7 nitrogen and oxygen atoms in total. The summed E-state index contributed by atoms with van der Waals surface area (Å²) in [6.45, 7) is 0.652. The summed E-state index contributed by atoms with van der Waals surface area (Å²) >= 11 is 12.7. The van der Waals surface area contributed by atoms with E-state index < -0.39 is 0 Å². The van der Waals surface area contributed by atoms with E-state index in [0.29, 0.717) is 47.0 Å². The number of halogens is 2. The fraction of sp³-hybridized carbons (Fsp3) is 0.176. The lowest BCUT2D eigenvalue weighted by molar-refractivity contribution is 0.0987. The number of fused-ring (bicyclic) bond motifs is 6. The fourth-order valence-corrected chi connectivity index (χ4v) is 7.20. The van der Waals surface area contributed by atoms with Gasteiger partial charge in [-0.05, 0) is 40.1 Å². The number of anilines is 3. The van der Waals surface area contributed by atoms with Gasteiger partial charge in [-0.3, -0.25) is 9.59 Å². The van der Waals surface area contributed by atoms with E-state index in [-0.39, 0.29) is 52.0 Å². The molecule has 9 heteroatoms. The molecule has 2 amide bonds. The van der Waals surface area contributed by atoms with E-state index >= 15 is 0 Å². The Balaban J connectivity index is 1.28. The minimum Gasteiger partial charge on any atom is -0.507 e. The minimum absolute atomic E-state index is 0.0723. The monoisotopic (exact) mass is 611 g/mol. The maximum absolute atomic E-state index is 14.0. The van der Waals surface area contributed by atoms with Crippen molar-refractivity contribution in [1.29, 1.82) is 0 Å². The van der Waals surface area contributed by atoms with Gasteiger partial charge in [0.25, 0.3) is 11.8 Å². The first-order chi connectivity index (χ1) is 20.8. The van der Waals surface area contributed by atoms with Crippen LogP contribution in [-0.4, -0.2) is 46.9 Å². The van der Waals surface area contributed by atoms with E-state index in [1.165, 1.54) is 0 Å². The average Bonchev–Trinajstić information content (AvgIpc) is 3.58. The molecular formula is C34H27Cl2N3O4. The van der Waals surface area contributed by atoms with Gasteiger partial charge in [-0.15, -0.1) is 23.2 Å². The lowest BCUT2D eigenvalue weighted by Gasteiger charge is -2.21. The number of phenolic OH excluding ortho intramolecular Hbond substituents is 2. The molecule has 0 aromatic heterocycles. The zero-order chi connectivity index (χ0) is 30.0. The smallest absolute Gasteiger partial charge is 0.258 e. The zero-order valence-corrected chi connectivity index (χ0v) is 24.4. The van der Waals surface area contributed by atoms with E-state index in [4.69, 9.17) is 28.9 Å². The largest absolute Gasteiger partial charge is 0.507 e. The van der Waals surface area contributed by atoms with E-state index in [2.05, 4.69) is 0 Å². The summed E-state index contributed by atoms with van der Waals surface area (Å²) in [5.74, 6) is -0.240. The van der Waals surface area contributed by atoms with Crippen molar-refractivity contribution < 1.29 is 19.8 Å². The van der Waals surface area contributed by atoms with Crippen LogP contribution in [0.25, 0.3) is 21.5 Å². The molecule has 2 aliphatic heterocycles. The van der Waals surface area contributed by atoms with Gasteiger partial charge in [0.05, 0.1) is 11.4 Å². The highest BCUT2D eigenvalue weighted by atomic mass is 35.5. The molecule has 0 aliphatic carbocycles. The third-order valence-corrected chi connectivity index (χ3v) is 9.35. The first-order valence-electron chi connectivity index (χ1n) is 14.0. The van der Waals surface area contributed by atoms with Gasteiger partial charge < -0.3 is 25.7 Å². The van der Waals surface area contributed by atoms with Crippen molar-refractivity contribution in [3.63, 3.8) is 0 Å². The van der Waals surface area contributed by atoms with E-state index in [0.717, 1.165) is 21.9 Å². The molecule has 2 atom stereocenters. The van der Waals surface area contributed by atoms with Crippen LogP contribution in [0, 0.1) is 0 Å². The number of amides is 2. The van der Waals surface area contributed by atoms with E-state index in [1.807, 2.05) is 48.5 Å². The van der Waals surface area contributed by atoms with E-state index in [9.17, 15) is 19.8 Å². The number of carbonyl (C=O) groups is 2. The molecule has 43 heavy (non-hydrogen) atoms. The molecule has 216 valence electrons. The van der Waals surface area contributed by atoms with Crippen molar-refractivity contribution in [2.75, 3.05) is 40.4 Å². The molecule has 0 unspecified atom stereocenters. The summed E-state index contributed by atoms with van der Waals surface area (Å²) in [7, 11) is 0. The fourth-order valence-electron chi connectivity index (χ4n) is 6.70. The number of nitrogens with two attached hydrogens (primary N) is 1. The van der Waals surface area contributed by atoms with Crippen molar-refractivity contribution in [3.8, 4) is 11.5 Å². The second-order valence-electron chi connectivity index (χ2n) is 11.1.